The second kappa shape index (κ2) is 9.62. The van der Waals surface area contributed by atoms with Crippen LogP contribution in [0.2, 0.25) is 0 Å². The fourth-order valence-electron chi connectivity index (χ4n) is 5.46. The molecule has 0 aromatic heterocycles. The summed E-state index contributed by atoms with van der Waals surface area (Å²) in [6.07, 6.45) is 1.27. The van der Waals surface area contributed by atoms with Gasteiger partial charge in [0.1, 0.15) is 0 Å². The zero-order valence-corrected chi connectivity index (χ0v) is 22.1. The maximum atomic E-state index is 13.9. The van der Waals surface area contributed by atoms with Crippen LogP contribution in [0.1, 0.15) is 31.8 Å². The van der Waals surface area contributed by atoms with Gasteiger partial charge in [0, 0.05) is 11.1 Å². The molecule has 0 spiro atoms. The average molecular weight is 567 g/mol. The van der Waals surface area contributed by atoms with E-state index in [2.05, 4.69) is 0 Å². The van der Waals surface area contributed by atoms with Gasteiger partial charge in [-0.1, -0.05) is 6.07 Å². The van der Waals surface area contributed by atoms with Crippen LogP contribution in [0.4, 0.5) is 0 Å². The monoisotopic (exact) mass is 566 g/mol. The van der Waals surface area contributed by atoms with Crippen LogP contribution in [0.3, 0.4) is 0 Å². The summed E-state index contributed by atoms with van der Waals surface area (Å²) < 4.78 is 44.4. The first-order valence-corrected chi connectivity index (χ1v) is 13.3. The maximum absolute atomic E-state index is 13.9. The fourth-order valence-corrected chi connectivity index (χ4v) is 5.46. The molecule has 0 N–H and O–H groups in total. The predicted octanol–water partition coefficient (Wildman–Crippen LogP) is 5.12. The molecule has 10 nitrogen and oxygen atoms in total. The summed E-state index contributed by atoms with van der Waals surface area (Å²) in [7, 11) is 0. The molecule has 8 rings (SSSR count). The topological polar surface area (TPSA) is 108 Å². The smallest absolute Gasteiger partial charge is 0.234 e. The number of Topliss-reactive ketones (excluding diaryl/α,β-unsaturated/α-hetero) is 2. The second-order valence-corrected chi connectivity index (χ2v) is 10.0. The minimum absolute atomic E-state index is 0.0145. The highest BCUT2D eigenvalue weighted by molar-refractivity contribution is 6.50. The van der Waals surface area contributed by atoms with E-state index in [0.29, 0.717) is 58.7 Å². The highest BCUT2D eigenvalue weighted by Gasteiger charge is 2.30. The van der Waals surface area contributed by atoms with Crippen molar-refractivity contribution in [1.29, 1.82) is 0 Å². The van der Waals surface area contributed by atoms with Gasteiger partial charge in [-0.2, -0.15) is 0 Å². The van der Waals surface area contributed by atoms with Gasteiger partial charge in [0.2, 0.25) is 38.7 Å². The molecule has 0 aliphatic carbocycles. The number of carbonyl (C=O) groups excluding carboxylic acids is 2. The first-order valence-electron chi connectivity index (χ1n) is 13.3. The van der Waals surface area contributed by atoms with E-state index in [4.69, 9.17) is 37.9 Å². The molecule has 0 atom stereocenters. The minimum atomic E-state index is -0.693. The Balaban J connectivity index is 1.20. The van der Waals surface area contributed by atoms with Crippen LogP contribution in [0.25, 0.3) is 11.1 Å². The van der Waals surface area contributed by atoms with E-state index in [1.165, 1.54) is 6.07 Å². The zero-order valence-electron chi connectivity index (χ0n) is 22.1. The predicted molar refractivity (Wildman–Crippen MR) is 145 cm³/mol. The molecule has 0 saturated heterocycles. The summed E-state index contributed by atoms with van der Waals surface area (Å²) in [5.41, 5.74) is 3.59. The van der Waals surface area contributed by atoms with Crippen molar-refractivity contribution in [2.75, 3.05) is 27.2 Å². The molecule has 0 unspecified atom stereocenters. The summed E-state index contributed by atoms with van der Waals surface area (Å²) in [5, 5.41) is 0. The standard InChI is InChI=1S/C32H22O10/c33-31(19-4-6-24-26(9-19)38-14-36-24)32(34)22-12-30-29(41-16-42-30)11-21(22)20-10-28-27(39-15-40-28)8-18(20)3-1-17-2-5-23-25(7-17)37-13-35-23/h2,4-12H,1,3,13-16H2. The lowest BCUT2D eigenvalue weighted by Crippen LogP contribution is -2.16. The number of aryl methyl sites for hydroxylation is 2. The van der Waals surface area contributed by atoms with Crippen molar-refractivity contribution in [3.05, 3.63) is 82.9 Å². The van der Waals surface area contributed by atoms with Gasteiger partial charge >= 0.3 is 0 Å². The van der Waals surface area contributed by atoms with Crippen molar-refractivity contribution in [3.8, 4) is 57.1 Å². The molecule has 0 amide bonds. The van der Waals surface area contributed by atoms with Crippen LogP contribution in [0, 0.1) is 0 Å². The molecule has 0 bridgehead atoms. The average Bonchev–Trinajstić information content (AvgIpc) is 3.83. The van der Waals surface area contributed by atoms with E-state index in [0.717, 1.165) is 22.4 Å². The van der Waals surface area contributed by atoms with Crippen LogP contribution in [0.5, 0.6) is 46.0 Å². The second-order valence-electron chi connectivity index (χ2n) is 10.0. The van der Waals surface area contributed by atoms with Gasteiger partial charge in [-0.05, 0) is 89.7 Å². The summed E-state index contributed by atoms with van der Waals surface area (Å²) in [4.78, 5) is 27.4. The molecule has 10 heteroatoms. The third-order valence-corrected chi connectivity index (χ3v) is 7.61. The van der Waals surface area contributed by atoms with Crippen LogP contribution in [-0.4, -0.2) is 38.7 Å². The van der Waals surface area contributed by atoms with Crippen molar-refractivity contribution < 1.29 is 47.5 Å². The van der Waals surface area contributed by atoms with Gasteiger partial charge in [-0.3, -0.25) is 9.59 Å². The normalized spacial score (nSPS) is 14.8. The SMILES string of the molecule is O=C(C(=O)c1cc2c(cc1-c1cc3c(cc1CCc1ccc4c(c1)OCO4)OCO3)OCO2)c1ccc2c(c1)OCO2. The zero-order chi connectivity index (χ0) is 28.2. The quantitative estimate of drug-likeness (QED) is 0.221. The van der Waals surface area contributed by atoms with Gasteiger partial charge in [-0.25, -0.2) is 0 Å². The Hall–Kier alpha value is -5.38. The lowest BCUT2D eigenvalue weighted by Gasteiger charge is -2.16. The van der Waals surface area contributed by atoms with E-state index in [1.54, 1.807) is 24.3 Å². The van der Waals surface area contributed by atoms with Crippen molar-refractivity contribution in [2.45, 2.75) is 12.8 Å². The molecular weight excluding hydrogens is 544 g/mol. The van der Waals surface area contributed by atoms with Crippen molar-refractivity contribution in [3.63, 3.8) is 0 Å². The lowest BCUT2D eigenvalue weighted by atomic mass is 9.88. The van der Waals surface area contributed by atoms with Gasteiger partial charge in [0.15, 0.2) is 46.0 Å². The Kier molecular flexibility index (Phi) is 5.59. The van der Waals surface area contributed by atoms with Crippen LogP contribution < -0.4 is 37.9 Å². The molecule has 0 fully saturated rings. The number of carbonyl (C=O) groups is 2. The molecule has 4 aliphatic rings. The molecule has 4 heterocycles. The first-order chi connectivity index (χ1) is 20.6. The van der Waals surface area contributed by atoms with E-state index >= 15 is 0 Å². The van der Waals surface area contributed by atoms with E-state index in [-0.39, 0.29) is 38.3 Å². The number of ketones is 2. The minimum Gasteiger partial charge on any atom is -0.454 e. The Morgan fingerprint density at radius 2 is 1.00 bits per heavy atom. The third kappa shape index (κ3) is 4.11. The molecule has 4 aliphatic heterocycles. The Morgan fingerprint density at radius 3 is 1.69 bits per heavy atom. The number of ether oxygens (including phenoxy) is 8. The largest absolute Gasteiger partial charge is 0.454 e. The Labute approximate surface area is 239 Å². The summed E-state index contributed by atoms with van der Waals surface area (Å²) in [6.45, 7) is 0.375. The molecule has 4 aromatic carbocycles. The molecule has 0 saturated carbocycles. The highest BCUT2D eigenvalue weighted by atomic mass is 16.7. The number of fused-ring (bicyclic) bond motifs is 4. The van der Waals surface area contributed by atoms with Gasteiger partial charge in [-0.15, -0.1) is 0 Å². The van der Waals surface area contributed by atoms with Crippen LogP contribution >= 0.6 is 0 Å². The first kappa shape index (κ1) is 24.4. The van der Waals surface area contributed by atoms with Crippen molar-refractivity contribution >= 4 is 11.6 Å². The van der Waals surface area contributed by atoms with Gasteiger partial charge in [0.05, 0.1) is 0 Å². The van der Waals surface area contributed by atoms with E-state index in [1.807, 2.05) is 30.3 Å². The fraction of sp³-hybridized carbons (Fsp3) is 0.188. The summed E-state index contributed by atoms with van der Waals surface area (Å²) in [6, 6.07) is 17.6. The molecule has 210 valence electrons. The molecule has 42 heavy (non-hydrogen) atoms. The Morgan fingerprint density at radius 1 is 0.476 bits per heavy atom. The number of benzene rings is 4. The summed E-state index contributed by atoms with van der Waals surface area (Å²) in [5.74, 6) is 3.04. The summed E-state index contributed by atoms with van der Waals surface area (Å²) >= 11 is 0. The Bertz CT molecular complexity index is 1790. The lowest BCUT2D eigenvalue weighted by molar-refractivity contribution is 0.0817. The number of hydrogen-bond donors (Lipinski definition) is 0. The van der Waals surface area contributed by atoms with E-state index in [9.17, 15) is 9.59 Å². The van der Waals surface area contributed by atoms with E-state index < -0.39 is 11.6 Å². The number of rotatable bonds is 7. The van der Waals surface area contributed by atoms with Crippen molar-refractivity contribution in [1.82, 2.24) is 0 Å². The third-order valence-electron chi connectivity index (χ3n) is 7.61. The molecular formula is C32H22O10. The van der Waals surface area contributed by atoms with Gasteiger partial charge < -0.3 is 37.9 Å². The van der Waals surface area contributed by atoms with Crippen LogP contribution in [0.15, 0.2) is 60.7 Å². The van der Waals surface area contributed by atoms with Crippen LogP contribution in [-0.2, 0) is 12.8 Å². The van der Waals surface area contributed by atoms with Crippen molar-refractivity contribution in [2.24, 2.45) is 0 Å². The maximum Gasteiger partial charge on any atom is 0.234 e. The van der Waals surface area contributed by atoms with Gasteiger partial charge in [0.25, 0.3) is 0 Å². The molecule has 0 radical (unpaired) electrons. The number of hydrogen-bond acceptors (Lipinski definition) is 10. The highest BCUT2D eigenvalue weighted by Crippen LogP contribution is 2.45. The molecule has 4 aromatic rings.